The van der Waals surface area contributed by atoms with Crippen LogP contribution in [0, 0.1) is 0 Å². The first-order valence-corrected chi connectivity index (χ1v) is 7.87. The zero-order valence-electron chi connectivity index (χ0n) is 12.6. The van der Waals surface area contributed by atoms with Gasteiger partial charge < -0.3 is 15.4 Å². The van der Waals surface area contributed by atoms with Gasteiger partial charge in [-0.1, -0.05) is 24.3 Å². The minimum atomic E-state index is -0.551. The van der Waals surface area contributed by atoms with Crippen LogP contribution in [-0.4, -0.2) is 36.6 Å². The van der Waals surface area contributed by atoms with E-state index in [1.165, 1.54) is 11.1 Å². The van der Waals surface area contributed by atoms with Crippen molar-refractivity contribution in [2.24, 2.45) is 5.73 Å². The maximum absolute atomic E-state index is 12.7. The van der Waals surface area contributed by atoms with Crippen LogP contribution in [0.15, 0.2) is 24.3 Å². The number of amides is 1. The molecule has 1 aromatic rings. The summed E-state index contributed by atoms with van der Waals surface area (Å²) in [5.74, 6) is 0.0426. The van der Waals surface area contributed by atoms with E-state index < -0.39 is 6.04 Å². The molecule has 1 fully saturated rings. The number of carbonyl (C=O) groups excluding carboxylic acids is 1. The predicted octanol–water partition coefficient (Wildman–Crippen LogP) is 2.03. The average Bonchev–Trinajstić information content (AvgIpc) is 3.33. The van der Waals surface area contributed by atoms with Gasteiger partial charge in [-0.2, -0.15) is 0 Å². The van der Waals surface area contributed by atoms with Gasteiger partial charge >= 0.3 is 0 Å². The molecule has 21 heavy (non-hydrogen) atoms. The Kier molecular flexibility index (Phi) is 4.27. The van der Waals surface area contributed by atoms with Gasteiger partial charge in [0.15, 0.2) is 0 Å². The maximum atomic E-state index is 12.7. The molecule has 2 aliphatic carbocycles. The second kappa shape index (κ2) is 6.16. The van der Waals surface area contributed by atoms with E-state index in [2.05, 4.69) is 29.2 Å². The van der Waals surface area contributed by atoms with E-state index >= 15 is 0 Å². The van der Waals surface area contributed by atoms with Crippen LogP contribution in [0.4, 0.5) is 0 Å². The van der Waals surface area contributed by atoms with E-state index in [1.54, 1.807) is 7.11 Å². The molecule has 0 heterocycles. The van der Waals surface area contributed by atoms with Crippen LogP contribution in [0.1, 0.15) is 42.9 Å². The van der Waals surface area contributed by atoms with Crippen molar-refractivity contribution in [2.45, 2.75) is 50.2 Å². The molecular weight excluding hydrogens is 264 g/mol. The minimum absolute atomic E-state index is 0.0426. The fourth-order valence-electron chi connectivity index (χ4n) is 3.40. The highest BCUT2D eigenvalue weighted by molar-refractivity contribution is 5.83. The molecule has 4 nitrogen and oxygen atoms in total. The van der Waals surface area contributed by atoms with Gasteiger partial charge in [0, 0.05) is 13.2 Å². The van der Waals surface area contributed by atoms with Crippen LogP contribution in [0.5, 0.6) is 0 Å². The van der Waals surface area contributed by atoms with Crippen molar-refractivity contribution in [3.05, 3.63) is 35.4 Å². The number of nitrogens with two attached hydrogens (primary N) is 1. The van der Waals surface area contributed by atoms with Gasteiger partial charge in [-0.3, -0.25) is 4.79 Å². The third-order valence-corrected chi connectivity index (χ3v) is 4.53. The summed E-state index contributed by atoms with van der Waals surface area (Å²) in [5, 5.41) is 0. The predicted molar refractivity (Wildman–Crippen MR) is 81.8 cm³/mol. The maximum Gasteiger partial charge on any atom is 0.242 e. The van der Waals surface area contributed by atoms with Gasteiger partial charge in [0.2, 0.25) is 5.91 Å². The Labute approximate surface area is 126 Å². The van der Waals surface area contributed by atoms with Crippen molar-refractivity contribution in [1.29, 1.82) is 0 Å². The number of fused-ring (bicyclic) bond motifs is 1. The van der Waals surface area contributed by atoms with Crippen molar-refractivity contribution >= 4 is 5.91 Å². The van der Waals surface area contributed by atoms with Gasteiger partial charge in [0.1, 0.15) is 6.04 Å². The average molecular weight is 288 g/mol. The molecule has 0 aliphatic heterocycles. The fourth-order valence-corrected chi connectivity index (χ4v) is 3.40. The van der Waals surface area contributed by atoms with Gasteiger partial charge in [-0.05, 0) is 43.2 Å². The minimum Gasteiger partial charge on any atom is -0.383 e. The van der Waals surface area contributed by atoms with Crippen molar-refractivity contribution in [1.82, 2.24) is 4.90 Å². The van der Waals surface area contributed by atoms with E-state index in [9.17, 15) is 4.79 Å². The molecular formula is C17H24N2O2. The largest absolute Gasteiger partial charge is 0.383 e. The van der Waals surface area contributed by atoms with Gasteiger partial charge in [-0.15, -0.1) is 0 Å². The van der Waals surface area contributed by atoms with Crippen molar-refractivity contribution in [3.8, 4) is 0 Å². The number of hydrogen-bond acceptors (Lipinski definition) is 3. The van der Waals surface area contributed by atoms with E-state index in [0.29, 0.717) is 6.04 Å². The van der Waals surface area contributed by atoms with Crippen LogP contribution < -0.4 is 5.73 Å². The Morgan fingerprint density at radius 3 is 2.86 bits per heavy atom. The highest BCUT2D eigenvalue weighted by Gasteiger charge is 2.40. The number of benzene rings is 1. The molecule has 2 N–H and O–H groups in total. The number of methoxy groups -OCH3 is 1. The number of nitrogens with zero attached hydrogens (tertiary/aromatic N) is 1. The lowest BCUT2D eigenvalue weighted by atomic mass is 9.86. The molecule has 0 spiro atoms. The monoisotopic (exact) mass is 288 g/mol. The molecule has 114 valence electrons. The SMILES string of the molecule is COCC(N)C(=O)N(C1CC1)C1CCCc2ccccc21. The molecule has 2 atom stereocenters. The lowest BCUT2D eigenvalue weighted by Crippen LogP contribution is -2.49. The van der Waals surface area contributed by atoms with E-state index in [1.807, 2.05) is 0 Å². The van der Waals surface area contributed by atoms with Gasteiger partial charge in [-0.25, -0.2) is 0 Å². The third-order valence-electron chi connectivity index (χ3n) is 4.53. The van der Waals surface area contributed by atoms with Crippen molar-refractivity contribution in [3.63, 3.8) is 0 Å². The lowest BCUT2D eigenvalue weighted by Gasteiger charge is -2.37. The van der Waals surface area contributed by atoms with Crippen LogP contribution in [0.3, 0.4) is 0 Å². The first-order valence-electron chi connectivity index (χ1n) is 7.87. The summed E-state index contributed by atoms with van der Waals surface area (Å²) >= 11 is 0. The molecule has 2 unspecified atom stereocenters. The summed E-state index contributed by atoms with van der Waals surface area (Å²) in [6, 6.07) is 8.53. The molecule has 0 saturated heterocycles. The summed E-state index contributed by atoms with van der Waals surface area (Å²) in [4.78, 5) is 14.8. The molecule has 4 heteroatoms. The van der Waals surface area contributed by atoms with Gasteiger partial charge in [0.05, 0.1) is 12.6 Å². The van der Waals surface area contributed by atoms with E-state index in [0.717, 1.165) is 32.1 Å². The summed E-state index contributed by atoms with van der Waals surface area (Å²) < 4.78 is 5.06. The number of hydrogen-bond donors (Lipinski definition) is 1. The number of carbonyl (C=O) groups is 1. The number of ether oxygens (including phenoxy) is 1. The summed E-state index contributed by atoms with van der Waals surface area (Å²) in [7, 11) is 1.59. The Morgan fingerprint density at radius 1 is 1.38 bits per heavy atom. The van der Waals surface area contributed by atoms with Crippen LogP contribution >= 0.6 is 0 Å². The number of rotatable bonds is 5. The summed E-state index contributed by atoms with van der Waals surface area (Å²) in [5.41, 5.74) is 8.70. The van der Waals surface area contributed by atoms with Crippen LogP contribution in [-0.2, 0) is 16.0 Å². The van der Waals surface area contributed by atoms with Crippen molar-refractivity contribution in [2.75, 3.05) is 13.7 Å². The molecule has 3 rings (SSSR count). The van der Waals surface area contributed by atoms with Crippen LogP contribution in [0.25, 0.3) is 0 Å². The molecule has 1 amide bonds. The Morgan fingerprint density at radius 2 is 2.14 bits per heavy atom. The second-order valence-electron chi connectivity index (χ2n) is 6.15. The molecule has 2 aliphatic rings. The Balaban J connectivity index is 1.87. The highest BCUT2D eigenvalue weighted by Crippen LogP contribution is 2.40. The highest BCUT2D eigenvalue weighted by atomic mass is 16.5. The van der Waals surface area contributed by atoms with E-state index in [4.69, 9.17) is 10.5 Å². The lowest BCUT2D eigenvalue weighted by molar-refractivity contribution is -0.137. The number of aryl methyl sites for hydroxylation is 1. The topological polar surface area (TPSA) is 55.6 Å². The molecule has 0 aromatic heterocycles. The standard InChI is InChI=1S/C17H24N2O2/c1-21-11-15(18)17(20)19(13-9-10-13)16-8-4-6-12-5-2-3-7-14(12)16/h2-3,5,7,13,15-16H,4,6,8-11,18H2,1H3. The Hall–Kier alpha value is -1.39. The van der Waals surface area contributed by atoms with E-state index in [-0.39, 0.29) is 18.6 Å². The van der Waals surface area contributed by atoms with Gasteiger partial charge in [0.25, 0.3) is 0 Å². The fraction of sp³-hybridized carbons (Fsp3) is 0.588. The van der Waals surface area contributed by atoms with Crippen LogP contribution in [0.2, 0.25) is 0 Å². The third kappa shape index (κ3) is 2.97. The molecule has 1 aromatic carbocycles. The second-order valence-corrected chi connectivity index (χ2v) is 6.15. The first-order chi connectivity index (χ1) is 10.2. The summed E-state index contributed by atoms with van der Waals surface area (Å²) in [6.45, 7) is 0.288. The Bertz CT molecular complexity index is 513. The zero-order chi connectivity index (χ0) is 14.8. The first kappa shape index (κ1) is 14.5. The quantitative estimate of drug-likeness (QED) is 0.902. The molecule has 1 saturated carbocycles. The zero-order valence-corrected chi connectivity index (χ0v) is 12.6. The molecule has 0 radical (unpaired) electrons. The summed E-state index contributed by atoms with van der Waals surface area (Å²) in [6.07, 6.45) is 5.49. The van der Waals surface area contributed by atoms with Crippen molar-refractivity contribution < 1.29 is 9.53 Å². The normalized spacial score (nSPS) is 22.5. The molecule has 0 bridgehead atoms. The smallest absolute Gasteiger partial charge is 0.242 e.